The molecule has 17 heavy (non-hydrogen) atoms. The Bertz CT molecular complexity index is 385. The van der Waals surface area contributed by atoms with Gasteiger partial charge in [-0.15, -0.1) is 0 Å². The van der Waals surface area contributed by atoms with Crippen molar-refractivity contribution in [1.82, 2.24) is 10.2 Å². The van der Waals surface area contributed by atoms with Crippen LogP contribution < -0.4 is 5.32 Å². The van der Waals surface area contributed by atoms with Gasteiger partial charge in [0.1, 0.15) is 11.3 Å². The summed E-state index contributed by atoms with van der Waals surface area (Å²) >= 11 is 0. The average molecular weight is 238 g/mol. The van der Waals surface area contributed by atoms with E-state index >= 15 is 0 Å². The molecule has 0 atom stereocenters. The zero-order valence-corrected chi connectivity index (χ0v) is 10.2. The van der Waals surface area contributed by atoms with Gasteiger partial charge >= 0.3 is 5.97 Å². The van der Waals surface area contributed by atoms with Crippen molar-refractivity contribution in [3.8, 4) is 0 Å². The van der Waals surface area contributed by atoms with E-state index in [0.717, 1.165) is 13.1 Å². The lowest BCUT2D eigenvalue weighted by Gasteiger charge is -2.35. The predicted molar refractivity (Wildman–Crippen MR) is 62.8 cm³/mol. The fourth-order valence-corrected chi connectivity index (χ4v) is 1.79. The van der Waals surface area contributed by atoms with Crippen molar-refractivity contribution in [3.05, 3.63) is 23.7 Å². The van der Waals surface area contributed by atoms with Crippen LogP contribution in [0.4, 0.5) is 0 Å². The van der Waals surface area contributed by atoms with Crippen molar-refractivity contribution >= 4 is 5.97 Å². The second-order valence-corrected chi connectivity index (χ2v) is 4.21. The fourth-order valence-electron chi connectivity index (χ4n) is 1.79. The summed E-state index contributed by atoms with van der Waals surface area (Å²) in [7, 11) is 2.03. The van der Waals surface area contributed by atoms with Gasteiger partial charge in [0, 0.05) is 19.1 Å². The SMILES string of the molecule is CCOC(=O)c1ccoc1CN(C)C1CNC1. The summed E-state index contributed by atoms with van der Waals surface area (Å²) in [6, 6.07) is 2.19. The molecule has 1 aromatic rings. The first-order chi connectivity index (χ1) is 8.22. The van der Waals surface area contributed by atoms with Gasteiger partial charge in [0.15, 0.2) is 0 Å². The Kier molecular flexibility index (Phi) is 3.81. The average Bonchev–Trinajstić information content (AvgIpc) is 2.63. The van der Waals surface area contributed by atoms with Crippen molar-refractivity contribution in [2.24, 2.45) is 0 Å². The molecule has 2 rings (SSSR count). The van der Waals surface area contributed by atoms with E-state index in [-0.39, 0.29) is 5.97 Å². The molecule has 0 radical (unpaired) electrons. The van der Waals surface area contributed by atoms with E-state index in [4.69, 9.17) is 9.15 Å². The van der Waals surface area contributed by atoms with Crippen molar-refractivity contribution in [2.45, 2.75) is 19.5 Å². The minimum Gasteiger partial charge on any atom is -0.467 e. The van der Waals surface area contributed by atoms with Crippen LogP contribution in [0.5, 0.6) is 0 Å². The second-order valence-electron chi connectivity index (χ2n) is 4.21. The minimum atomic E-state index is -0.309. The predicted octanol–water partition coefficient (Wildman–Crippen LogP) is 0.860. The van der Waals surface area contributed by atoms with Crippen molar-refractivity contribution in [3.63, 3.8) is 0 Å². The van der Waals surface area contributed by atoms with Gasteiger partial charge in [-0.05, 0) is 20.0 Å². The van der Waals surface area contributed by atoms with Crippen molar-refractivity contribution < 1.29 is 13.9 Å². The van der Waals surface area contributed by atoms with Crippen molar-refractivity contribution in [2.75, 3.05) is 26.7 Å². The molecule has 0 spiro atoms. The number of esters is 1. The highest BCUT2D eigenvalue weighted by Gasteiger charge is 2.24. The van der Waals surface area contributed by atoms with Crippen LogP contribution in [-0.4, -0.2) is 43.7 Å². The number of furan rings is 1. The van der Waals surface area contributed by atoms with Crippen LogP contribution in [0.1, 0.15) is 23.0 Å². The topological polar surface area (TPSA) is 54.7 Å². The van der Waals surface area contributed by atoms with E-state index in [1.165, 1.54) is 6.26 Å². The molecule has 1 N–H and O–H groups in total. The molecule has 0 unspecified atom stereocenters. The zero-order chi connectivity index (χ0) is 12.3. The number of carbonyl (C=O) groups is 1. The number of nitrogens with zero attached hydrogens (tertiary/aromatic N) is 1. The molecule has 1 aliphatic heterocycles. The van der Waals surface area contributed by atoms with Gasteiger partial charge in [-0.3, -0.25) is 4.90 Å². The highest BCUT2D eigenvalue weighted by atomic mass is 16.5. The molecule has 1 aromatic heterocycles. The monoisotopic (exact) mass is 238 g/mol. The first-order valence-corrected chi connectivity index (χ1v) is 5.86. The maximum absolute atomic E-state index is 11.6. The van der Waals surface area contributed by atoms with Crippen LogP contribution in [0.25, 0.3) is 0 Å². The maximum Gasteiger partial charge on any atom is 0.341 e. The molecule has 94 valence electrons. The molecule has 0 bridgehead atoms. The van der Waals surface area contributed by atoms with Gasteiger partial charge in [0.05, 0.1) is 19.4 Å². The Morgan fingerprint density at radius 2 is 2.41 bits per heavy atom. The quantitative estimate of drug-likeness (QED) is 0.771. The Morgan fingerprint density at radius 1 is 1.65 bits per heavy atom. The number of rotatable bonds is 5. The molecule has 1 saturated heterocycles. The Labute approximate surface area is 101 Å². The summed E-state index contributed by atoms with van der Waals surface area (Å²) < 4.78 is 10.3. The van der Waals surface area contributed by atoms with E-state index < -0.39 is 0 Å². The molecular weight excluding hydrogens is 220 g/mol. The lowest BCUT2D eigenvalue weighted by atomic mass is 10.1. The van der Waals surface area contributed by atoms with Gasteiger partial charge in [-0.25, -0.2) is 4.79 Å². The third-order valence-electron chi connectivity index (χ3n) is 3.02. The molecular formula is C12H18N2O3. The fraction of sp³-hybridized carbons (Fsp3) is 0.583. The smallest absolute Gasteiger partial charge is 0.341 e. The molecule has 1 aliphatic rings. The van der Waals surface area contributed by atoms with E-state index in [9.17, 15) is 4.79 Å². The normalized spacial score (nSPS) is 15.9. The van der Waals surface area contributed by atoms with Crippen LogP contribution in [-0.2, 0) is 11.3 Å². The number of hydrogen-bond donors (Lipinski definition) is 1. The number of carbonyl (C=O) groups excluding carboxylic acids is 1. The van der Waals surface area contributed by atoms with E-state index in [1.54, 1.807) is 13.0 Å². The highest BCUT2D eigenvalue weighted by Crippen LogP contribution is 2.16. The third-order valence-corrected chi connectivity index (χ3v) is 3.02. The molecule has 5 heteroatoms. The summed E-state index contributed by atoms with van der Waals surface area (Å²) in [6.45, 7) is 4.79. The Morgan fingerprint density at radius 3 is 3.00 bits per heavy atom. The molecule has 0 aromatic carbocycles. The lowest BCUT2D eigenvalue weighted by molar-refractivity contribution is 0.0521. The molecule has 0 saturated carbocycles. The van der Waals surface area contributed by atoms with Crippen LogP contribution in [0.2, 0.25) is 0 Å². The van der Waals surface area contributed by atoms with Crippen LogP contribution in [0.15, 0.2) is 16.7 Å². The molecule has 1 fully saturated rings. The van der Waals surface area contributed by atoms with Crippen LogP contribution in [0, 0.1) is 0 Å². The largest absolute Gasteiger partial charge is 0.467 e. The van der Waals surface area contributed by atoms with E-state index in [2.05, 4.69) is 10.2 Å². The number of ether oxygens (including phenoxy) is 1. The van der Waals surface area contributed by atoms with Crippen LogP contribution in [0.3, 0.4) is 0 Å². The number of likely N-dealkylation sites (N-methyl/N-ethyl adjacent to an activating group) is 1. The molecule has 2 heterocycles. The molecule has 5 nitrogen and oxygen atoms in total. The van der Waals surface area contributed by atoms with Crippen molar-refractivity contribution in [1.29, 1.82) is 0 Å². The molecule has 0 amide bonds. The number of hydrogen-bond acceptors (Lipinski definition) is 5. The van der Waals surface area contributed by atoms with E-state index in [1.807, 2.05) is 7.05 Å². The highest BCUT2D eigenvalue weighted by molar-refractivity contribution is 5.90. The van der Waals surface area contributed by atoms with Gasteiger partial charge in [0.25, 0.3) is 0 Å². The summed E-state index contributed by atoms with van der Waals surface area (Å²) in [5.74, 6) is 0.370. The summed E-state index contributed by atoms with van der Waals surface area (Å²) in [5, 5.41) is 3.22. The summed E-state index contributed by atoms with van der Waals surface area (Å²) in [6.07, 6.45) is 1.54. The summed E-state index contributed by atoms with van der Waals surface area (Å²) in [5.41, 5.74) is 0.533. The first kappa shape index (κ1) is 12.1. The van der Waals surface area contributed by atoms with Gasteiger partial charge in [0.2, 0.25) is 0 Å². The number of nitrogens with one attached hydrogen (secondary N) is 1. The third kappa shape index (κ3) is 2.68. The standard InChI is InChI=1S/C12H18N2O3/c1-3-16-12(15)10-4-5-17-11(10)8-14(2)9-6-13-7-9/h4-5,9,13H,3,6-8H2,1-2H3. The second kappa shape index (κ2) is 5.33. The summed E-state index contributed by atoms with van der Waals surface area (Å²) in [4.78, 5) is 13.8. The first-order valence-electron chi connectivity index (χ1n) is 5.86. The Balaban J connectivity index is 2.00. The lowest BCUT2D eigenvalue weighted by Crippen LogP contribution is -2.55. The van der Waals surface area contributed by atoms with E-state index in [0.29, 0.717) is 30.5 Å². The van der Waals surface area contributed by atoms with Gasteiger partial charge in [-0.2, -0.15) is 0 Å². The molecule has 0 aliphatic carbocycles. The van der Waals surface area contributed by atoms with Crippen LogP contribution >= 0.6 is 0 Å². The van der Waals surface area contributed by atoms with Gasteiger partial charge in [-0.1, -0.05) is 0 Å². The van der Waals surface area contributed by atoms with Gasteiger partial charge < -0.3 is 14.5 Å². The maximum atomic E-state index is 11.6. The Hall–Kier alpha value is -1.33. The zero-order valence-electron chi connectivity index (χ0n) is 10.2. The minimum absolute atomic E-state index is 0.309.